The number of phenols is 1. The van der Waals surface area contributed by atoms with Crippen molar-refractivity contribution in [3.8, 4) is 5.75 Å². The van der Waals surface area contributed by atoms with Crippen molar-refractivity contribution in [3.05, 3.63) is 22.2 Å². The first-order valence-electron chi connectivity index (χ1n) is 3.48. The van der Waals surface area contributed by atoms with E-state index in [4.69, 9.17) is 15.4 Å². The van der Waals surface area contributed by atoms with E-state index >= 15 is 0 Å². The summed E-state index contributed by atoms with van der Waals surface area (Å²) in [5, 5.41) is 19.6. The van der Waals surface area contributed by atoms with Crippen LogP contribution in [0.15, 0.2) is 17.0 Å². The second-order valence-electron chi connectivity index (χ2n) is 2.58. The molecular formula is C6H6N2O6S. The highest BCUT2D eigenvalue weighted by Crippen LogP contribution is 2.37. The molecule has 0 unspecified atom stereocenters. The summed E-state index contributed by atoms with van der Waals surface area (Å²) in [7, 11) is -4.77. The molecule has 9 heteroatoms. The molecule has 0 aliphatic carbocycles. The summed E-state index contributed by atoms with van der Waals surface area (Å²) in [5.74, 6) is -0.991. The molecule has 0 saturated heterocycles. The standard InChI is InChI=1S/C6H6N2O6S/c7-3-1-2-4(15(12,13)14)5(6(3)9)8(10)11/h1-2,9H,7H2,(H,12,13,14). The zero-order chi connectivity index (χ0) is 11.8. The maximum atomic E-state index is 10.7. The Bertz CT molecular complexity index is 523. The van der Waals surface area contributed by atoms with Gasteiger partial charge in [0.05, 0.1) is 10.6 Å². The molecule has 0 atom stereocenters. The number of nitrogen functional groups attached to an aromatic ring is 1. The average molecular weight is 234 g/mol. The molecule has 0 amide bonds. The Kier molecular flexibility index (Phi) is 2.51. The lowest BCUT2D eigenvalue weighted by atomic mass is 10.2. The van der Waals surface area contributed by atoms with E-state index in [9.17, 15) is 18.5 Å². The summed E-state index contributed by atoms with van der Waals surface area (Å²) >= 11 is 0. The fourth-order valence-corrected chi connectivity index (χ4v) is 1.62. The number of hydrogen-bond donors (Lipinski definition) is 3. The molecule has 0 fully saturated rings. The molecule has 1 aromatic carbocycles. The van der Waals surface area contributed by atoms with E-state index < -0.39 is 31.4 Å². The Hall–Kier alpha value is -1.87. The van der Waals surface area contributed by atoms with Crippen LogP contribution in [0.25, 0.3) is 0 Å². The Morgan fingerprint density at radius 2 is 1.93 bits per heavy atom. The zero-order valence-corrected chi connectivity index (χ0v) is 7.93. The molecule has 0 radical (unpaired) electrons. The summed E-state index contributed by atoms with van der Waals surface area (Å²) in [4.78, 5) is 8.31. The highest BCUT2D eigenvalue weighted by atomic mass is 32.2. The molecule has 8 nitrogen and oxygen atoms in total. The van der Waals surface area contributed by atoms with E-state index in [0.29, 0.717) is 0 Å². The van der Waals surface area contributed by atoms with E-state index in [1.165, 1.54) is 0 Å². The SMILES string of the molecule is Nc1ccc(S(=O)(=O)O)c([N+](=O)[O-])c1O. The van der Waals surface area contributed by atoms with Gasteiger partial charge in [-0.3, -0.25) is 14.7 Å². The molecule has 0 heterocycles. The van der Waals surface area contributed by atoms with Crippen molar-refractivity contribution in [2.45, 2.75) is 4.90 Å². The van der Waals surface area contributed by atoms with Gasteiger partial charge in [0, 0.05) is 0 Å². The molecular weight excluding hydrogens is 228 g/mol. The van der Waals surface area contributed by atoms with Crippen molar-refractivity contribution in [3.63, 3.8) is 0 Å². The fourth-order valence-electron chi connectivity index (χ4n) is 0.961. The van der Waals surface area contributed by atoms with Crippen LogP contribution in [-0.4, -0.2) is 23.0 Å². The summed E-state index contributed by atoms with van der Waals surface area (Å²) in [6, 6.07) is 1.67. The van der Waals surface area contributed by atoms with Crippen molar-refractivity contribution in [2.24, 2.45) is 0 Å². The Balaban J connectivity index is 3.70. The van der Waals surface area contributed by atoms with Crippen LogP contribution in [0.2, 0.25) is 0 Å². The summed E-state index contributed by atoms with van der Waals surface area (Å²) in [6.07, 6.45) is 0. The van der Waals surface area contributed by atoms with Gasteiger partial charge in [-0.05, 0) is 12.1 Å². The van der Waals surface area contributed by atoms with E-state index in [2.05, 4.69) is 0 Å². The number of nitrogens with zero attached hydrogens (tertiary/aromatic N) is 1. The topological polar surface area (TPSA) is 144 Å². The molecule has 0 aromatic heterocycles. The maximum Gasteiger partial charge on any atom is 0.333 e. The third kappa shape index (κ3) is 1.97. The van der Waals surface area contributed by atoms with Crippen molar-refractivity contribution >= 4 is 21.5 Å². The van der Waals surface area contributed by atoms with Crippen LogP contribution in [0.3, 0.4) is 0 Å². The Morgan fingerprint density at radius 1 is 1.40 bits per heavy atom. The van der Waals surface area contributed by atoms with Crippen molar-refractivity contribution in [2.75, 3.05) is 5.73 Å². The minimum absolute atomic E-state index is 0.353. The van der Waals surface area contributed by atoms with Gasteiger partial charge in [0.15, 0.2) is 4.90 Å². The number of nitro groups is 1. The molecule has 1 aromatic rings. The lowest BCUT2D eigenvalue weighted by Gasteiger charge is -2.03. The molecule has 15 heavy (non-hydrogen) atoms. The Morgan fingerprint density at radius 3 is 2.33 bits per heavy atom. The first kappa shape index (κ1) is 11.2. The lowest BCUT2D eigenvalue weighted by Crippen LogP contribution is -2.04. The van der Waals surface area contributed by atoms with Gasteiger partial charge in [0.25, 0.3) is 0 Å². The van der Waals surface area contributed by atoms with Crippen LogP contribution in [0.5, 0.6) is 5.75 Å². The number of phenolic OH excluding ortho intramolecular Hbond substituents is 1. The normalized spacial score (nSPS) is 11.3. The molecule has 0 spiro atoms. The van der Waals surface area contributed by atoms with Gasteiger partial charge in [-0.1, -0.05) is 0 Å². The zero-order valence-electron chi connectivity index (χ0n) is 7.11. The monoisotopic (exact) mass is 234 g/mol. The van der Waals surface area contributed by atoms with E-state index in [1.807, 2.05) is 0 Å². The highest BCUT2D eigenvalue weighted by Gasteiger charge is 2.29. The fraction of sp³-hybridized carbons (Fsp3) is 0. The second kappa shape index (κ2) is 3.37. The minimum Gasteiger partial charge on any atom is -0.501 e. The third-order valence-corrected chi connectivity index (χ3v) is 2.49. The maximum absolute atomic E-state index is 10.7. The van der Waals surface area contributed by atoms with Gasteiger partial charge >= 0.3 is 15.8 Å². The third-order valence-electron chi connectivity index (χ3n) is 1.61. The van der Waals surface area contributed by atoms with Crippen LogP contribution in [-0.2, 0) is 10.1 Å². The van der Waals surface area contributed by atoms with Crippen molar-refractivity contribution < 1.29 is 23.0 Å². The number of hydrogen-bond acceptors (Lipinski definition) is 6. The number of anilines is 1. The van der Waals surface area contributed by atoms with Gasteiger partial charge in [-0.2, -0.15) is 8.42 Å². The first-order valence-corrected chi connectivity index (χ1v) is 4.92. The van der Waals surface area contributed by atoms with Crippen LogP contribution < -0.4 is 5.73 Å². The molecule has 82 valence electrons. The van der Waals surface area contributed by atoms with E-state index in [1.54, 1.807) is 0 Å². The van der Waals surface area contributed by atoms with Crippen LogP contribution in [0.4, 0.5) is 11.4 Å². The Labute approximate surface area is 83.8 Å². The lowest BCUT2D eigenvalue weighted by molar-refractivity contribution is -0.388. The van der Waals surface area contributed by atoms with Crippen molar-refractivity contribution in [1.29, 1.82) is 0 Å². The van der Waals surface area contributed by atoms with Gasteiger partial charge in [0.2, 0.25) is 5.75 Å². The quantitative estimate of drug-likeness (QED) is 0.217. The molecule has 0 aliphatic heterocycles. The van der Waals surface area contributed by atoms with Crippen LogP contribution >= 0.6 is 0 Å². The molecule has 0 saturated carbocycles. The van der Waals surface area contributed by atoms with E-state index in [-0.39, 0.29) is 5.69 Å². The molecule has 0 aliphatic rings. The number of nitrogens with two attached hydrogens (primary N) is 1. The van der Waals surface area contributed by atoms with Crippen LogP contribution in [0, 0.1) is 10.1 Å². The molecule has 4 N–H and O–H groups in total. The summed E-state index contributed by atoms with van der Waals surface area (Å²) < 4.78 is 30.1. The second-order valence-corrected chi connectivity index (χ2v) is 3.97. The van der Waals surface area contributed by atoms with Gasteiger partial charge in [-0.25, -0.2) is 0 Å². The average Bonchev–Trinajstić information content (AvgIpc) is 2.06. The smallest absolute Gasteiger partial charge is 0.333 e. The minimum atomic E-state index is -4.77. The molecule has 0 bridgehead atoms. The van der Waals surface area contributed by atoms with E-state index in [0.717, 1.165) is 12.1 Å². The molecule has 1 rings (SSSR count). The highest BCUT2D eigenvalue weighted by molar-refractivity contribution is 7.86. The van der Waals surface area contributed by atoms with Crippen molar-refractivity contribution in [1.82, 2.24) is 0 Å². The predicted molar refractivity (Wildman–Crippen MR) is 49.0 cm³/mol. The van der Waals surface area contributed by atoms with Gasteiger partial charge < -0.3 is 10.8 Å². The summed E-state index contributed by atoms with van der Waals surface area (Å²) in [5.41, 5.74) is 3.65. The predicted octanol–water partition coefficient (Wildman–Crippen LogP) is 0.129. The number of nitro benzene ring substituents is 1. The largest absolute Gasteiger partial charge is 0.501 e. The summed E-state index contributed by atoms with van der Waals surface area (Å²) in [6.45, 7) is 0. The number of rotatable bonds is 2. The number of aromatic hydroxyl groups is 1. The number of benzene rings is 1. The van der Waals surface area contributed by atoms with Gasteiger partial charge in [-0.15, -0.1) is 0 Å². The van der Waals surface area contributed by atoms with Gasteiger partial charge in [0.1, 0.15) is 0 Å². The first-order chi connectivity index (χ1) is 6.75. The van der Waals surface area contributed by atoms with Crippen LogP contribution in [0.1, 0.15) is 0 Å².